The minimum absolute atomic E-state index is 0.124. The molecule has 5 nitrogen and oxygen atoms in total. The van der Waals surface area contributed by atoms with Gasteiger partial charge in [-0.05, 0) is 54.7 Å². The monoisotopic (exact) mass is 512 g/mol. The molecule has 31 heavy (non-hydrogen) atoms. The summed E-state index contributed by atoms with van der Waals surface area (Å²) < 4.78 is 6.18. The van der Waals surface area contributed by atoms with Crippen LogP contribution < -0.4 is 16.3 Å². The minimum Gasteiger partial charge on any atom is -0.422 e. The highest BCUT2D eigenvalue weighted by Crippen LogP contribution is 2.30. The van der Waals surface area contributed by atoms with E-state index in [1.54, 1.807) is 54.6 Å². The predicted molar refractivity (Wildman–Crippen MR) is 131 cm³/mol. The zero-order valence-corrected chi connectivity index (χ0v) is 19.0. The largest absolute Gasteiger partial charge is 0.422 e. The van der Waals surface area contributed by atoms with Crippen LogP contribution in [0.25, 0.3) is 22.1 Å². The number of amides is 1. The second kappa shape index (κ2) is 9.01. The fourth-order valence-corrected chi connectivity index (χ4v) is 3.92. The van der Waals surface area contributed by atoms with Crippen molar-refractivity contribution in [3.63, 3.8) is 0 Å². The molecule has 1 aromatic heterocycles. The Kier molecular flexibility index (Phi) is 6.18. The van der Waals surface area contributed by atoms with E-state index in [2.05, 4.69) is 26.6 Å². The molecular formula is C23H14BrClN2O3S. The van der Waals surface area contributed by atoms with Crippen molar-refractivity contribution in [2.45, 2.75) is 0 Å². The van der Waals surface area contributed by atoms with E-state index in [1.165, 1.54) is 0 Å². The lowest BCUT2D eigenvalue weighted by Crippen LogP contribution is -2.34. The van der Waals surface area contributed by atoms with Crippen molar-refractivity contribution in [2.75, 3.05) is 5.32 Å². The van der Waals surface area contributed by atoms with Gasteiger partial charge >= 0.3 is 5.63 Å². The highest BCUT2D eigenvalue weighted by molar-refractivity contribution is 9.10. The topological polar surface area (TPSA) is 71.3 Å². The van der Waals surface area contributed by atoms with Gasteiger partial charge in [-0.3, -0.25) is 10.1 Å². The number of carbonyl (C=O) groups excluding carboxylic acids is 1. The molecule has 0 unspecified atom stereocenters. The van der Waals surface area contributed by atoms with Crippen molar-refractivity contribution >= 4 is 67.4 Å². The molecule has 0 bridgehead atoms. The average molecular weight is 514 g/mol. The van der Waals surface area contributed by atoms with E-state index in [-0.39, 0.29) is 11.0 Å². The number of hydrogen-bond donors (Lipinski definition) is 2. The molecular weight excluding hydrogens is 500 g/mol. The number of thiocarbonyl (C=S) groups is 1. The van der Waals surface area contributed by atoms with E-state index < -0.39 is 5.63 Å². The molecule has 0 radical (unpaired) electrons. The van der Waals surface area contributed by atoms with Gasteiger partial charge in [0.25, 0.3) is 5.91 Å². The first-order chi connectivity index (χ1) is 14.9. The van der Waals surface area contributed by atoms with Gasteiger partial charge < -0.3 is 9.73 Å². The van der Waals surface area contributed by atoms with E-state index >= 15 is 0 Å². The zero-order valence-electron chi connectivity index (χ0n) is 15.8. The predicted octanol–water partition coefficient (Wildman–Crippen LogP) is 6.00. The number of benzene rings is 3. The highest BCUT2D eigenvalue weighted by atomic mass is 79.9. The molecule has 0 aliphatic heterocycles. The lowest BCUT2D eigenvalue weighted by molar-refractivity contribution is 0.0977. The summed E-state index contributed by atoms with van der Waals surface area (Å²) in [6.45, 7) is 0. The van der Waals surface area contributed by atoms with Gasteiger partial charge in [-0.15, -0.1) is 0 Å². The molecule has 0 atom stereocenters. The quantitative estimate of drug-likeness (QED) is 0.260. The summed E-state index contributed by atoms with van der Waals surface area (Å²) in [7, 11) is 0. The van der Waals surface area contributed by atoms with Crippen LogP contribution in [0.4, 0.5) is 5.69 Å². The summed E-state index contributed by atoms with van der Waals surface area (Å²) in [5.74, 6) is -0.338. The fourth-order valence-electron chi connectivity index (χ4n) is 3.03. The van der Waals surface area contributed by atoms with Crippen LogP contribution >= 0.6 is 39.7 Å². The summed E-state index contributed by atoms with van der Waals surface area (Å²) >= 11 is 15.0. The van der Waals surface area contributed by atoms with E-state index in [0.717, 1.165) is 9.86 Å². The van der Waals surface area contributed by atoms with Gasteiger partial charge in [-0.2, -0.15) is 0 Å². The van der Waals surface area contributed by atoms with E-state index in [4.69, 9.17) is 28.2 Å². The van der Waals surface area contributed by atoms with Crippen LogP contribution in [-0.4, -0.2) is 11.0 Å². The SMILES string of the molecule is O=C(NC(=S)Nc1ccc(-c2cc3ccccc3oc2=O)c(Cl)c1)c1cccc(Br)c1. The molecule has 2 N–H and O–H groups in total. The Bertz CT molecular complexity index is 1390. The Balaban J connectivity index is 1.53. The highest BCUT2D eigenvalue weighted by Gasteiger charge is 2.13. The van der Waals surface area contributed by atoms with Crippen molar-refractivity contribution in [3.8, 4) is 11.1 Å². The first kappa shape index (κ1) is 21.2. The number of para-hydroxylation sites is 1. The Morgan fingerprint density at radius 1 is 0.968 bits per heavy atom. The Morgan fingerprint density at radius 2 is 1.77 bits per heavy atom. The number of halogens is 2. The lowest BCUT2D eigenvalue weighted by Gasteiger charge is -2.12. The number of rotatable bonds is 3. The molecule has 1 amide bonds. The lowest BCUT2D eigenvalue weighted by atomic mass is 10.1. The van der Waals surface area contributed by atoms with Crippen LogP contribution in [0.3, 0.4) is 0 Å². The molecule has 0 saturated heterocycles. The number of hydrogen-bond acceptors (Lipinski definition) is 4. The second-order valence-electron chi connectivity index (χ2n) is 6.60. The molecule has 0 aliphatic rings. The Morgan fingerprint density at radius 3 is 2.55 bits per heavy atom. The Hall–Kier alpha value is -3.00. The number of carbonyl (C=O) groups is 1. The van der Waals surface area contributed by atoms with Crippen LogP contribution in [0.5, 0.6) is 0 Å². The van der Waals surface area contributed by atoms with Crippen molar-refractivity contribution in [3.05, 3.63) is 98.3 Å². The van der Waals surface area contributed by atoms with Crippen molar-refractivity contribution in [1.29, 1.82) is 0 Å². The molecule has 4 aromatic rings. The third-order valence-electron chi connectivity index (χ3n) is 4.47. The van der Waals surface area contributed by atoms with Gasteiger partial charge in [0.1, 0.15) is 5.58 Å². The molecule has 0 saturated carbocycles. The zero-order chi connectivity index (χ0) is 22.0. The molecule has 154 valence electrons. The summed E-state index contributed by atoms with van der Waals surface area (Å²) in [5, 5.41) is 6.81. The van der Waals surface area contributed by atoms with E-state index in [9.17, 15) is 9.59 Å². The maximum Gasteiger partial charge on any atom is 0.344 e. The smallest absolute Gasteiger partial charge is 0.344 e. The minimum atomic E-state index is -0.474. The van der Waals surface area contributed by atoms with Crippen molar-refractivity contribution in [2.24, 2.45) is 0 Å². The van der Waals surface area contributed by atoms with Gasteiger partial charge in [-0.1, -0.05) is 57.9 Å². The average Bonchev–Trinajstić information content (AvgIpc) is 2.73. The van der Waals surface area contributed by atoms with Gasteiger partial charge in [0.15, 0.2) is 5.11 Å². The van der Waals surface area contributed by atoms with Gasteiger partial charge in [0.05, 0.1) is 10.6 Å². The third kappa shape index (κ3) is 4.85. The van der Waals surface area contributed by atoms with Gasteiger partial charge in [0.2, 0.25) is 0 Å². The summed E-state index contributed by atoms with van der Waals surface area (Å²) in [6, 6.07) is 21.0. The standard InChI is InChI=1S/C23H14BrClN2O3S/c24-15-6-3-5-14(10-15)21(28)27-23(31)26-16-8-9-17(19(25)12-16)18-11-13-4-1-2-7-20(13)30-22(18)29/h1-12H,(H2,26,27,28,31). The first-order valence-corrected chi connectivity index (χ1v) is 10.7. The Labute approximate surface area is 196 Å². The molecule has 0 aliphatic carbocycles. The summed E-state index contributed by atoms with van der Waals surface area (Å²) in [4.78, 5) is 24.7. The third-order valence-corrected chi connectivity index (χ3v) is 5.48. The number of fused-ring (bicyclic) bond motifs is 1. The molecule has 1 heterocycles. The molecule has 8 heteroatoms. The normalized spacial score (nSPS) is 10.6. The molecule has 0 fully saturated rings. The fraction of sp³-hybridized carbons (Fsp3) is 0. The second-order valence-corrected chi connectivity index (χ2v) is 8.33. The maximum atomic E-state index is 12.4. The molecule has 0 spiro atoms. The number of anilines is 1. The van der Waals surface area contributed by atoms with Crippen molar-refractivity contribution < 1.29 is 9.21 Å². The summed E-state index contributed by atoms with van der Waals surface area (Å²) in [6.07, 6.45) is 0. The molecule has 3 aromatic carbocycles. The van der Waals surface area contributed by atoms with Crippen LogP contribution in [0.2, 0.25) is 5.02 Å². The maximum absolute atomic E-state index is 12.4. The van der Waals surface area contributed by atoms with Crippen LogP contribution in [0.15, 0.2) is 86.5 Å². The van der Waals surface area contributed by atoms with Crippen LogP contribution in [0.1, 0.15) is 10.4 Å². The van der Waals surface area contributed by atoms with Crippen LogP contribution in [0, 0.1) is 0 Å². The number of nitrogens with one attached hydrogen (secondary N) is 2. The van der Waals surface area contributed by atoms with E-state index in [1.807, 2.05) is 18.2 Å². The van der Waals surface area contributed by atoms with E-state index in [0.29, 0.717) is 33.0 Å². The van der Waals surface area contributed by atoms with Crippen LogP contribution in [-0.2, 0) is 0 Å². The van der Waals surface area contributed by atoms with Gasteiger partial charge in [-0.25, -0.2) is 4.79 Å². The first-order valence-electron chi connectivity index (χ1n) is 9.11. The van der Waals surface area contributed by atoms with Gasteiger partial charge in [0, 0.05) is 26.7 Å². The summed E-state index contributed by atoms with van der Waals surface area (Å²) in [5.41, 5.74) is 1.97. The van der Waals surface area contributed by atoms with Crippen molar-refractivity contribution in [1.82, 2.24) is 5.32 Å². The molecule has 4 rings (SSSR count).